The van der Waals surface area contributed by atoms with Gasteiger partial charge in [0.2, 0.25) is 0 Å². The molecule has 0 heterocycles. The van der Waals surface area contributed by atoms with Crippen molar-refractivity contribution in [3.05, 3.63) is 64.9 Å². The van der Waals surface area contributed by atoms with Crippen molar-refractivity contribution in [3.8, 4) is 0 Å². The minimum Gasteiger partial charge on any atom is -0.358 e. The highest BCUT2D eigenvalue weighted by atomic mass is 35.5. The van der Waals surface area contributed by atoms with Crippen LogP contribution >= 0.6 is 23.8 Å². The van der Waals surface area contributed by atoms with E-state index in [2.05, 4.69) is 10.6 Å². The van der Waals surface area contributed by atoms with Crippen molar-refractivity contribution in [2.24, 2.45) is 0 Å². The quantitative estimate of drug-likeness (QED) is 0.838. The van der Waals surface area contributed by atoms with Crippen LogP contribution in [0.25, 0.3) is 0 Å². The van der Waals surface area contributed by atoms with Gasteiger partial charge in [-0.05, 0) is 36.0 Å². The minimum absolute atomic E-state index is 0.262. The van der Waals surface area contributed by atoms with E-state index in [9.17, 15) is 4.39 Å². The third-order valence-corrected chi connectivity index (χ3v) is 2.95. The molecule has 0 saturated carbocycles. The first-order valence-corrected chi connectivity index (χ1v) is 6.47. The molecule has 19 heavy (non-hydrogen) atoms. The van der Waals surface area contributed by atoms with Crippen LogP contribution in [0.1, 0.15) is 5.56 Å². The molecular weight excluding hydrogens is 283 g/mol. The third kappa shape index (κ3) is 4.19. The Morgan fingerprint density at radius 1 is 1.16 bits per heavy atom. The molecule has 0 aliphatic carbocycles. The second kappa shape index (κ2) is 6.50. The Labute approximate surface area is 121 Å². The molecule has 5 heteroatoms. The summed E-state index contributed by atoms with van der Waals surface area (Å²) in [6.45, 7) is 0.578. The predicted octanol–water partition coefficient (Wildman–Crippen LogP) is 3.97. The summed E-state index contributed by atoms with van der Waals surface area (Å²) in [5.41, 5.74) is 1.36. The molecule has 98 valence electrons. The normalized spacial score (nSPS) is 10.0. The first kappa shape index (κ1) is 13.8. The maximum atomic E-state index is 13.5. The van der Waals surface area contributed by atoms with E-state index < -0.39 is 5.82 Å². The number of thiocarbonyl (C=S) groups is 1. The summed E-state index contributed by atoms with van der Waals surface area (Å²) in [7, 11) is 0. The topological polar surface area (TPSA) is 24.1 Å². The molecule has 0 bridgehead atoms. The van der Waals surface area contributed by atoms with E-state index in [0.717, 1.165) is 5.56 Å². The molecule has 0 radical (unpaired) electrons. The molecule has 0 unspecified atom stereocenters. The van der Waals surface area contributed by atoms with Crippen LogP contribution in [0, 0.1) is 5.82 Å². The van der Waals surface area contributed by atoms with Crippen molar-refractivity contribution >= 4 is 34.6 Å². The van der Waals surface area contributed by atoms with Crippen LogP contribution in [0.15, 0.2) is 48.5 Å². The Kier molecular flexibility index (Phi) is 4.71. The fourth-order valence-electron chi connectivity index (χ4n) is 1.54. The van der Waals surface area contributed by atoms with Crippen LogP contribution in [0.3, 0.4) is 0 Å². The average Bonchev–Trinajstić information content (AvgIpc) is 2.42. The Balaban J connectivity index is 1.93. The Morgan fingerprint density at radius 2 is 1.89 bits per heavy atom. The molecule has 2 N–H and O–H groups in total. The van der Waals surface area contributed by atoms with Crippen molar-refractivity contribution in [1.82, 2.24) is 5.32 Å². The van der Waals surface area contributed by atoms with E-state index in [-0.39, 0.29) is 5.69 Å². The molecule has 0 amide bonds. The van der Waals surface area contributed by atoms with Gasteiger partial charge in [-0.25, -0.2) is 4.39 Å². The molecule has 0 aliphatic heterocycles. The van der Waals surface area contributed by atoms with E-state index in [1.54, 1.807) is 0 Å². The van der Waals surface area contributed by atoms with Gasteiger partial charge < -0.3 is 10.6 Å². The fourth-order valence-corrected chi connectivity index (χ4v) is 1.89. The zero-order valence-corrected chi connectivity index (χ0v) is 11.6. The Bertz CT molecular complexity index is 575. The SMILES string of the molecule is Fc1ccc(Cl)cc1NC(=S)NCc1ccccc1. The van der Waals surface area contributed by atoms with Gasteiger partial charge in [0.05, 0.1) is 5.69 Å². The molecule has 2 rings (SSSR count). The number of benzene rings is 2. The van der Waals surface area contributed by atoms with E-state index >= 15 is 0 Å². The second-order valence-electron chi connectivity index (χ2n) is 3.92. The van der Waals surface area contributed by atoms with Gasteiger partial charge in [0.25, 0.3) is 0 Å². The van der Waals surface area contributed by atoms with Crippen molar-refractivity contribution < 1.29 is 4.39 Å². The number of rotatable bonds is 3. The summed E-state index contributed by atoms with van der Waals surface area (Å²) in [5.74, 6) is -0.395. The van der Waals surface area contributed by atoms with Gasteiger partial charge in [0.1, 0.15) is 5.82 Å². The first-order valence-electron chi connectivity index (χ1n) is 5.69. The summed E-state index contributed by atoms with van der Waals surface area (Å²) >= 11 is 10.9. The van der Waals surface area contributed by atoms with Crippen LogP contribution in [0.5, 0.6) is 0 Å². The van der Waals surface area contributed by atoms with Gasteiger partial charge in [0, 0.05) is 11.6 Å². The van der Waals surface area contributed by atoms with Crippen LogP contribution in [0.4, 0.5) is 10.1 Å². The number of hydrogen-bond acceptors (Lipinski definition) is 1. The average molecular weight is 295 g/mol. The number of halogens is 2. The van der Waals surface area contributed by atoms with E-state index in [0.29, 0.717) is 16.7 Å². The minimum atomic E-state index is -0.395. The Hall–Kier alpha value is -1.65. The highest BCUT2D eigenvalue weighted by Crippen LogP contribution is 2.19. The number of hydrogen-bond donors (Lipinski definition) is 2. The van der Waals surface area contributed by atoms with Crippen molar-refractivity contribution in [1.29, 1.82) is 0 Å². The smallest absolute Gasteiger partial charge is 0.171 e. The van der Waals surface area contributed by atoms with Crippen molar-refractivity contribution in [2.75, 3.05) is 5.32 Å². The van der Waals surface area contributed by atoms with Crippen LogP contribution in [-0.2, 0) is 6.54 Å². The summed E-state index contributed by atoms with van der Waals surface area (Å²) in [5, 5.41) is 6.59. The summed E-state index contributed by atoms with van der Waals surface area (Å²) in [6, 6.07) is 14.1. The predicted molar refractivity (Wildman–Crippen MR) is 80.9 cm³/mol. The van der Waals surface area contributed by atoms with Crippen molar-refractivity contribution in [2.45, 2.75) is 6.54 Å². The zero-order chi connectivity index (χ0) is 13.7. The number of nitrogens with one attached hydrogen (secondary N) is 2. The van der Waals surface area contributed by atoms with Gasteiger partial charge >= 0.3 is 0 Å². The molecule has 0 atom stereocenters. The van der Waals surface area contributed by atoms with Crippen LogP contribution in [0.2, 0.25) is 5.02 Å². The van der Waals surface area contributed by atoms with Gasteiger partial charge in [0.15, 0.2) is 5.11 Å². The molecule has 0 fully saturated rings. The molecule has 0 aliphatic rings. The number of anilines is 1. The molecule has 0 spiro atoms. The lowest BCUT2D eigenvalue weighted by molar-refractivity contribution is 0.632. The standard InChI is InChI=1S/C14H12ClFN2S/c15-11-6-7-12(16)13(8-11)18-14(19)17-9-10-4-2-1-3-5-10/h1-8H,9H2,(H2,17,18,19). The lowest BCUT2D eigenvalue weighted by Crippen LogP contribution is -2.28. The maximum absolute atomic E-state index is 13.5. The molecule has 0 aromatic heterocycles. The maximum Gasteiger partial charge on any atom is 0.171 e. The lowest BCUT2D eigenvalue weighted by atomic mass is 10.2. The summed E-state index contributed by atoms with van der Waals surface area (Å²) < 4.78 is 13.5. The van der Waals surface area contributed by atoms with E-state index in [4.69, 9.17) is 23.8 Å². The Morgan fingerprint density at radius 3 is 2.63 bits per heavy atom. The van der Waals surface area contributed by atoms with Crippen LogP contribution in [-0.4, -0.2) is 5.11 Å². The highest BCUT2D eigenvalue weighted by molar-refractivity contribution is 7.80. The molecule has 2 aromatic rings. The molecular formula is C14H12ClFN2S. The summed E-state index contributed by atoms with van der Waals surface area (Å²) in [4.78, 5) is 0. The van der Waals surface area contributed by atoms with E-state index in [1.165, 1.54) is 18.2 Å². The van der Waals surface area contributed by atoms with E-state index in [1.807, 2.05) is 30.3 Å². The first-order chi connectivity index (χ1) is 9.15. The van der Waals surface area contributed by atoms with Crippen molar-refractivity contribution in [3.63, 3.8) is 0 Å². The monoisotopic (exact) mass is 294 g/mol. The highest BCUT2D eigenvalue weighted by Gasteiger charge is 2.04. The third-order valence-electron chi connectivity index (χ3n) is 2.47. The fraction of sp³-hybridized carbons (Fsp3) is 0.0714. The van der Waals surface area contributed by atoms with Gasteiger partial charge in [-0.2, -0.15) is 0 Å². The van der Waals surface area contributed by atoms with Crippen LogP contribution < -0.4 is 10.6 Å². The van der Waals surface area contributed by atoms with Gasteiger partial charge in [-0.3, -0.25) is 0 Å². The van der Waals surface area contributed by atoms with Gasteiger partial charge in [-0.15, -0.1) is 0 Å². The lowest BCUT2D eigenvalue weighted by Gasteiger charge is -2.11. The second-order valence-corrected chi connectivity index (χ2v) is 4.76. The molecule has 0 saturated heterocycles. The molecule has 2 nitrogen and oxygen atoms in total. The summed E-state index contributed by atoms with van der Waals surface area (Å²) in [6.07, 6.45) is 0. The molecule has 2 aromatic carbocycles. The van der Waals surface area contributed by atoms with Gasteiger partial charge in [-0.1, -0.05) is 41.9 Å². The largest absolute Gasteiger partial charge is 0.358 e. The zero-order valence-electron chi connectivity index (χ0n) is 9.99.